The van der Waals surface area contributed by atoms with Crippen LogP contribution >= 0.6 is 0 Å². The Bertz CT molecular complexity index is 815. The van der Waals surface area contributed by atoms with Crippen LogP contribution < -0.4 is 10.1 Å². The Kier molecular flexibility index (Phi) is 7.33. The number of ether oxygens (including phenoxy) is 1. The van der Waals surface area contributed by atoms with Crippen LogP contribution in [0, 0.1) is 0 Å². The lowest BCUT2D eigenvalue weighted by Gasteiger charge is -2.29. The third-order valence-electron chi connectivity index (χ3n) is 5.00. The molecule has 2 aromatic carbocycles. The van der Waals surface area contributed by atoms with Gasteiger partial charge in [0.25, 0.3) is 0 Å². The number of benzene rings is 2. The molecule has 0 aliphatic carbocycles. The SMILES string of the molecule is O=C(Cc1ccc(OC(F)(F)F)cc1)NCc1ccc(CN2CCC(O)CC2)cc1. The Balaban J connectivity index is 1.42. The van der Waals surface area contributed by atoms with Crippen LogP contribution in [-0.4, -0.2) is 41.5 Å². The molecule has 0 unspecified atom stereocenters. The van der Waals surface area contributed by atoms with E-state index in [1.54, 1.807) is 0 Å². The number of piperidine rings is 1. The van der Waals surface area contributed by atoms with Crippen molar-refractivity contribution in [3.05, 3.63) is 65.2 Å². The monoisotopic (exact) mass is 422 g/mol. The molecule has 0 spiro atoms. The van der Waals surface area contributed by atoms with Gasteiger partial charge in [-0.05, 0) is 41.7 Å². The van der Waals surface area contributed by atoms with Crippen molar-refractivity contribution in [3.63, 3.8) is 0 Å². The summed E-state index contributed by atoms with van der Waals surface area (Å²) in [5.74, 6) is -0.525. The van der Waals surface area contributed by atoms with Crippen LogP contribution in [0.4, 0.5) is 13.2 Å². The van der Waals surface area contributed by atoms with Gasteiger partial charge in [-0.15, -0.1) is 13.2 Å². The number of aliphatic hydroxyl groups excluding tert-OH is 1. The molecule has 8 heteroatoms. The minimum Gasteiger partial charge on any atom is -0.406 e. The van der Waals surface area contributed by atoms with Crippen molar-refractivity contribution in [1.29, 1.82) is 0 Å². The molecule has 0 aromatic heterocycles. The zero-order valence-electron chi connectivity index (χ0n) is 16.5. The molecule has 0 saturated carbocycles. The maximum atomic E-state index is 12.2. The lowest BCUT2D eigenvalue weighted by Crippen LogP contribution is -2.35. The Hall–Kier alpha value is -2.58. The number of carbonyl (C=O) groups excluding carboxylic acids is 1. The number of carbonyl (C=O) groups is 1. The van der Waals surface area contributed by atoms with Gasteiger partial charge >= 0.3 is 6.36 Å². The highest BCUT2D eigenvalue weighted by atomic mass is 19.4. The van der Waals surface area contributed by atoms with Crippen molar-refractivity contribution in [1.82, 2.24) is 10.2 Å². The number of likely N-dealkylation sites (tertiary alicyclic amines) is 1. The van der Waals surface area contributed by atoms with Gasteiger partial charge in [-0.2, -0.15) is 0 Å². The number of hydrogen-bond donors (Lipinski definition) is 2. The first kappa shape index (κ1) is 22.1. The second-order valence-electron chi connectivity index (χ2n) is 7.47. The number of hydrogen-bond acceptors (Lipinski definition) is 4. The fraction of sp³-hybridized carbons (Fsp3) is 0.409. The Morgan fingerprint density at radius 3 is 2.17 bits per heavy atom. The topological polar surface area (TPSA) is 61.8 Å². The normalized spacial score (nSPS) is 15.7. The smallest absolute Gasteiger partial charge is 0.406 e. The summed E-state index contributed by atoms with van der Waals surface area (Å²) in [6.45, 7) is 3.00. The van der Waals surface area contributed by atoms with Gasteiger partial charge < -0.3 is 15.2 Å². The van der Waals surface area contributed by atoms with Crippen molar-refractivity contribution in [2.75, 3.05) is 13.1 Å². The summed E-state index contributed by atoms with van der Waals surface area (Å²) < 4.78 is 40.3. The molecule has 30 heavy (non-hydrogen) atoms. The summed E-state index contributed by atoms with van der Waals surface area (Å²) in [7, 11) is 0. The highest BCUT2D eigenvalue weighted by Gasteiger charge is 2.30. The Morgan fingerprint density at radius 2 is 1.57 bits per heavy atom. The highest BCUT2D eigenvalue weighted by Crippen LogP contribution is 2.22. The summed E-state index contributed by atoms with van der Waals surface area (Å²) in [5.41, 5.74) is 2.75. The molecule has 0 radical (unpaired) electrons. The fourth-order valence-corrected chi connectivity index (χ4v) is 3.36. The predicted molar refractivity (Wildman–Crippen MR) is 106 cm³/mol. The van der Waals surface area contributed by atoms with Crippen LogP contribution in [0.2, 0.25) is 0 Å². The molecule has 2 N–H and O–H groups in total. The zero-order valence-corrected chi connectivity index (χ0v) is 16.5. The van der Waals surface area contributed by atoms with Gasteiger partial charge in [0.15, 0.2) is 0 Å². The van der Waals surface area contributed by atoms with Gasteiger partial charge in [0.2, 0.25) is 5.91 Å². The molecule has 3 rings (SSSR count). The number of rotatable bonds is 7. The van der Waals surface area contributed by atoms with Crippen LogP contribution in [0.1, 0.15) is 29.5 Å². The van der Waals surface area contributed by atoms with Gasteiger partial charge in [-0.1, -0.05) is 36.4 Å². The summed E-state index contributed by atoms with van der Waals surface area (Å²) in [6, 6.07) is 13.3. The largest absolute Gasteiger partial charge is 0.573 e. The maximum Gasteiger partial charge on any atom is 0.573 e. The van der Waals surface area contributed by atoms with Gasteiger partial charge in [0.05, 0.1) is 12.5 Å². The third-order valence-corrected chi connectivity index (χ3v) is 5.00. The van der Waals surface area contributed by atoms with E-state index in [1.807, 2.05) is 24.3 Å². The summed E-state index contributed by atoms with van der Waals surface area (Å²) in [6.07, 6.45) is -3.22. The van der Waals surface area contributed by atoms with Crippen molar-refractivity contribution >= 4 is 5.91 Å². The molecule has 1 amide bonds. The molecular formula is C22H25F3N2O3. The van der Waals surface area contributed by atoms with E-state index in [0.717, 1.165) is 38.0 Å². The number of alkyl halides is 3. The Morgan fingerprint density at radius 1 is 1.00 bits per heavy atom. The van der Waals surface area contributed by atoms with Crippen LogP contribution in [0.25, 0.3) is 0 Å². The van der Waals surface area contributed by atoms with Crippen molar-refractivity contribution < 1.29 is 27.8 Å². The average Bonchev–Trinajstić information content (AvgIpc) is 2.70. The zero-order chi connectivity index (χ0) is 21.6. The highest BCUT2D eigenvalue weighted by molar-refractivity contribution is 5.78. The molecule has 1 aliphatic rings. The van der Waals surface area contributed by atoms with E-state index in [4.69, 9.17) is 0 Å². The van der Waals surface area contributed by atoms with E-state index in [9.17, 15) is 23.1 Å². The van der Waals surface area contributed by atoms with E-state index >= 15 is 0 Å². The summed E-state index contributed by atoms with van der Waals surface area (Å²) in [5, 5.41) is 12.4. The van der Waals surface area contributed by atoms with E-state index in [0.29, 0.717) is 12.1 Å². The first-order chi connectivity index (χ1) is 14.3. The number of halogens is 3. The molecule has 0 atom stereocenters. The molecule has 1 aliphatic heterocycles. The van der Waals surface area contributed by atoms with Gasteiger partial charge in [-0.3, -0.25) is 9.69 Å². The van der Waals surface area contributed by atoms with Crippen LogP contribution in [0.15, 0.2) is 48.5 Å². The van der Waals surface area contributed by atoms with Crippen molar-refractivity contribution in [3.8, 4) is 5.75 Å². The van der Waals surface area contributed by atoms with Crippen LogP contribution in [0.3, 0.4) is 0 Å². The molecule has 5 nitrogen and oxygen atoms in total. The number of amides is 1. The lowest BCUT2D eigenvalue weighted by molar-refractivity contribution is -0.274. The summed E-state index contributed by atoms with van der Waals surface area (Å²) >= 11 is 0. The standard InChI is InChI=1S/C22H25F3N2O3/c23-22(24,25)30-20-7-5-16(6-8-20)13-21(29)26-14-17-1-3-18(4-2-17)15-27-11-9-19(28)10-12-27/h1-8,19,28H,9-15H2,(H,26,29). The van der Waals surface area contributed by atoms with E-state index in [1.165, 1.54) is 29.8 Å². The lowest BCUT2D eigenvalue weighted by atomic mass is 10.1. The second-order valence-corrected chi connectivity index (χ2v) is 7.47. The molecule has 1 saturated heterocycles. The van der Waals surface area contributed by atoms with Gasteiger partial charge in [0.1, 0.15) is 5.75 Å². The van der Waals surface area contributed by atoms with Crippen LogP contribution in [-0.2, 0) is 24.3 Å². The molecular weight excluding hydrogens is 397 g/mol. The first-order valence-electron chi connectivity index (χ1n) is 9.86. The molecule has 1 fully saturated rings. The Labute approximate surface area is 173 Å². The fourth-order valence-electron chi connectivity index (χ4n) is 3.36. The molecule has 162 valence electrons. The van der Waals surface area contributed by atoms with Gasteiger partial charge in [0, 0.05) is 26.2 Å². The predicted octanol–water partition coefficient (Wildman–Crippen LogP) is 3.40. The second kappa shape index (κ2) is 9.95. The number of nitrogens with zero attached hydrogens (tertiary/aromatic N) is 1. The number of aliphatic hydroxyl groups is 1. The number of nitrogens with one attached hydrogen (secondary N) is 1. The van der Waals surface area contributed by atoms with E-state index in [-0.39, 0.29) is 24.2 Å². The van der Waals surface area contributed by atoms with Crippen molar-refractivity contribution in [2.24, 2.45) is 0 Å². The molecule has 2 aromatic rings. The average molecular weight is 422 g/mol. The maximum absolute atomic E-state index is 12.2. The van der Waals surface area contributed by atoms with E-state index in [2.05, 4.69) is 15.0 Å². The molecule has 0 bridgehead atoms. The summed E-state index contributed by atoms with van der Waals surface area (Å²) in [4.78, 5) is 14.4. The first-order valence-corrected chi connectivity index (χ1v) is 9.86. The van der Waals surface area contributed by atoms with E-state index < -0.39 is 6.36 Å². The molecule has 1 heterocycles. The quantitative estimate of drug-likeness (QED) is 0.718. The minimum atomic E-state index is -4.73. The van der Waals surface area contributed by atoms with Gasteiger partial charge in [-0.25, -0.2) is 0 Å². The van der Waals surface area contributed by atoms with Crippen molar-refractivity contribution in [2.45, 2.75) is 44.8 Å². The van der Waals surface area contributed by atoms with Crippen LogP contribution in [0.5, 0.6) is 5.75 Å². The third kappa shape index (κ3) is 7.35. The minimum absolute atomic E-state index is 0.0746.